The molecule has 0 aliphatic heterocycles. The van der Waals surface area contributed by atoms with Gasteiger partial charge >= 0.3 is 0 Å². The summed E-state index contributed by atoms with van der Waals surface area (Å²) < 4.78 is 1.50. The van der Waals surface area contributed by atoms with E-state index < -0.39 is 10.9 Å². The van der Waals surface area contributed by atoms with Gasteiger partial charge in [0.25, 0.3) is 0 Å². The summed E-state index contributed by atoms with van der Waals surface area (Å²) in [6.07, 6.45) is 2.64. The van der Waals surface area contributed by atoms with Gasteiger partial charge in [0.05, 0.1) is 0 Å². The topological polar surface area (TPSA) is 34.1 Å². The second kappa shape index (κ2) is 7.09. The Morgan fingerprint density at radius 1 is 0.692 bits per heavy atom. The second-order valence-corrected chi connectivity index (χ2v) is 8.20. The van der Waals surface area contributed by atoms with Gasteiger partial charge in [-0.15, -0.1) is 0 Å². The van der Waals surface area contributed by atoms with E-state index in [1.807, 2.05) is 12.1 Å². The van der Waals surface area contributed by atoms with Crippen molar-refractivity contribution in [1.29, 1.82) is 0 Å². The van der Waals surface area contributed by atoms with Crippen molar-refractivity contribution in [2.75, 3.05) is 0 Å². The summed E-state index contributed by atoms with van der Waals surface area (Å²) in [5, 5.41) is 5.70. The number of hydrogen-bond acceptors (Lipinski definition) is 2. The molecule has 0 bridgehead atoms. The first kappa shape index (κ1) is 19.0. The summed E-state index contributed by atoms with van der Waals surface area (Å²) in [5.74, 6) is 0. The van der Waals surface area contributed by atoms with Gasteiger partial charge in [0.1, 0.15) is 0 Å². The smallest absolute Gasteiger partial charge is 0.234 e. The zero-order valence-electron chi connectivity index (χ0n) is 14.7. The number of halogens is 2. The lowest BCUT2D eigenvalue weighted by atomic mass is 9.92. The van der Waals surface area contributed by atoms with Crippen molar-refractivity contribution in [3.63, 3.8) is 0 Å². The molecular weight excluding hydrogens is 456 g/mol. The van der Waals surface area contributed by atoms with Crippen LogP contribution in [0.4, 0.5) is 0 Å². The monoisotopic (exact) mass is 472 g/mol. The predicted molar refractivity (Wildman–Crippen MR) is 120 cm³/mol. The van der Waals surface area contributed by atoms with E-state index in [4.69, 9.17) is 0 Å². The van der Waals surface area contributed by atoms with Crippen LogP contribution in [-0.4, -0.2) is 0 Å². The molecule has 0 radical (unpaired) electrons. The normalized spacial score (nSPS) is 11.2. The Morgan fingerprint density at radius 2 is 1.00 bits per heavy atom. The fourth-order valence-electron chi connectivity index (χ4n) is 3.16. The molecule has 4 heteroatoms. The molecule has 0 spiro atoms. The Kier molecular flexibility index (Phi) is 5.18. The molecule has 0 fully saturated rings. The van der Waals surface area contributed by atoms with Crippen LogP contribution >= 0.6 is 31.9 Å². The maximum Gasteiger partial charge on any atom is 0.234 e. The van der Waals surface area contributed by atoms with E-state index in [1.165, 1.54) is 12.8 Å². The van der Waals surface area contributed by atoms with Crippen molar-refractivity contribution in [1.82, 2.24) is 0 Å². The van der Waals surface area contributed by atoms with E-state index in [9.17, 15) is 9.59 Å². The summed E-state index contributed by atoms with van der Waals surface area (Å²) in [7, 11) is 0. The van der Waals surface area contributed by atoms with Crippen molar-refractivity contribution >= 4 is 77.3 Å². The van der Waals surface area contributed by atoms with Gasteiger partial charge in [-0.05, 0) is 45.5 Å². The van der Waals surface area contributed by atoms with E-state index in [2.05, 4.69) is 58.9 Å². The summed E-state index contributed by atoms with van der Waals surface area (Å²) in [6.45, 7) is 12.6. The molecule has 0 heterocycles. The molecule has 132 valence electrons. The van der Waals surface area contributed by atoms with Gasteiger partial charge in [0.2, 0.25) is 10.9 Å². The van der Waals surface area contributed by atoms with Crippen molar-refractivity contribution < 1.29 is 0 Å². The molecule has 4 aromatic carbocycles. The first-order valence-electron chi connectivity index (χ1n) is 8.47. The van der Waals surface area contributed by atoms with Crippen LogP contribution in [0.25, 0.3) is 45.5 Å². The molecule has 0 unspecified atom stereocenters. The van der Waals surface area contributed by atoms with Gasteiger partial charge in [0, 0.05) is 30.5 Å². The minimum absolute atomic E-state index is 0.430. The van der Waals surface area contributed by atoms with Crippen LogP contribution in [-0.2, 0) is 0 Å². The summed E-state index contributed by atoms with van der Waals surface area (Å²) in [4.78, 5) is 25.0. The van der Waals surface area contributed by atoms with E-state index in [0.29, 0.717) is 10.8 Å². The van der Waals surface area contributed by atoms with Gasteiger partial charge in [-0.1, -0.05) is 71.7 Å². The summed E-state index contributed by atoms with van der Waals surface area (Å²) >= 11 is 6.81. The van der Waals surface area contributed by atoms with E-state index in [0.717, 1.165) is 40.9 Å². The quantitative estimate of drug-likeness (QED) is 0.291. The van der Waals surface area contributed by atoms with Crippen LogP contribution in [0.15, 0.2) is 42.8 Å². The largest absolute Gasteiger partial charge is 0.285 e. The van der Waals surface area contributed by atoms with Crippen LogP contribution in [0.5, 0.6) is 0 Å². The standard InChI is InChI=1S/C18H8Br2O2.C4H10/c1-7-8(2)12-4-10(20)6-14-16(12)15-11(7)3-9(19)5-13(15)17(21)18(14)22;1-3-4-2/h3-6H,1-2H2;3-4H2,1-2H3. The van der Waals surface area contributed by atoms with E-state index >= 15 is 0 Å². The van der Waals surface area contributed by atoms with Crippen LogP contribution in [0.1, 0.15) is 26.7 Å². The number of unbranched alkanes of at least 4 members (excludes halogenated alkanes) is 1. The second-order valence-electron chi connectivity index (χ2n) is 6.37. The molecule has 0 N–H and O–H groups in total. The molecule has 0 saturated carbocycles. The van der Waals surface area contributed by atoms with Gasteiger partial charge < -0.3 is 0 Å². The Hall–Kier alpha value is -1.78. The lowest BCUT2D eigenvalue weighted by molar-refractivity contribution is 0.886. The van der Waals surface area contributed by atoms with Crippen molar-refractivity contribution in [2.24, 2.45) is 0 Å². The van der Waals surface area contributed by atoms with Gasteiger partial charge in [0.15, 0.2) is 0 Å². The molecule has 0 aliphatic carbocycles. The van der Waals surface area contributed by atoms with Crippen molar-refractivity contribution in [3.8, 4) is 0 Å². The Balaban J connectivity index is 0.000000447. The minimum Gasteiger partial charge on any atom is -0.285 e. The van der Waals surface area contributed by atoms with Gasteiger partial charge in [-0.25, -0.2) is 0 Å². The summed E-state index contributed by atoms with van der Waals surface area (Å²) in [6, 6.07) is 7.25. The van der Waals surface area contributed by atoms with Crippen LogP contribution in [0.2, 0.25) is 0 Å². The molecule has 0 atom stereocenters. The maximum atomic E-state index is 12.5. The third-order valence-corrected chi connectivity index (χ3v) is 5.58. The predicted octanol–water partition coefficient (Wildman–Crippen LogP) is 4.89. The van der Waals surface area contributed by atoms with E-state index in [-0.39, 0.29) is 0 Å². The number of benzene rings is 4. The number of hydrogen-bond donors (Lipinski definition) is 0. The molecule has 4 aromatic rings. The Morgan fingerprint density at radius 3 is 1.31 bits per heavy atom. The van der Waals surface area contributed by atoms with Crippen LogP contribution < -0.4 is 21.3 Å². The van der Waals surface area contributed by atoms with Crippen LogP contribution in [0.3, 0.4) is 0 Å². The maximum absolute atomic E-state index is 12.5. The molecule has 0 aromatic heterocycles. The SMILES string of the molecule is C=c1c(=C)c2cc(Br)cc3c(=O)c(=O)c4cc(Br)cc1c4c23.CCCC. The highest BCUT2D eigenvalue weighted by Crippen LogP contribution is 2.31. The molecule has 26 heavy (non-hydrogen) atoms. The van der Waals surface area contributed by atoms with Crippen LogP contribution in [0, 0.1) is 0 Å². The third-order valence-electron chi connectivity index (χ3n) is 4.67. The average molecular weight is 474 g/mol. The average Bonchev–Trinajstić information content (AvgIpc) is 2.63. The molecular formula is C22H18Br2O2. The highest BCUT2D eigenvalue weighted by molar-refractivity contribution is 9.10. The number of rotatable bonds is 1. The zero-order valence-corrected chi connectivity index (χ0v) is 17.9. The Bertz CT molecular complexity index is 1140. The first-order valence-corrected chi connectivity index (χ1v) is 10.1. The summed E-state index contributed by atoms with van der Waals surface area (Å²) in [5.41, 5.74) is -0.955. The fourth-order valence-corrected chi connectivity index (χ4v) is 4.07. The highest BCUT2D eigenvalue weighted by Gasteiger charge is 2.17. The van der Waals surface area contributed by atoms with Gasteiger partial charge in [-0.2, -0.15) is 0 Å². The highest BCUT2D eigenvalue weighted by atomic mass is 79.9. The lowest BCUT2D eigenvalue weighted by Gasteiger charge is -2.12. The van der Waals surface area contributed by atoms with Gasteiger partial charge in [-0.3, -0.25) is 9.59 Å². The molecule has 0 saturated heterocycles. The Labute approximate surface area is 167 Å². The van der Waals surface area contributed by atoms with Crippen molar-refractivity contribution in [2.45, 2.75) is 26.7 Å². The third kappa shape index (κ3) is 2.85. The first-order chi connectivity index (χ1) is 12.3. The lowest BCUT2D eigenvalue weighted by Crippen LogP contribution is -2.29. The fraction of sp³-hybridized carbons (Fsp3) is 0.182. The van der Waals surface area contributed by atoms with E-state index in [1.54, 1.807) is 12.1 Å². The molecule has 0 amide bonds. The minimum atomic E-state index is -0.477. The van der Waals surface area contributed by atoms with Crippen molar-refractivity contribution in [3.05, 3.63) is 64.1 Å². The molecule has 2 nitrogen and oxygen atoms in total. The molecule has 4 rings (SSSR count). The molecule has 0 aliphatic rings. The zero-order chi connectivity index (χ0) is 19.2.